The van der Waals surface area contributed by atoms with Crippen molar-refractivity contribution in [2.75, 3.05) is 13.2 Å². The van der Waals surface area contributed by atoms with E-state index in [9.17, 15) is 68.7 Å². The largest absolute Gasteiger partial charge is 0.472 e. The van der Waals surface area contributed by atoms with Crippen LogP contribution in [-0.4, -0.2) is 170 Å². The summed E-state index contributed by atoms with van der Waals surface area (Å²) in [5.74, 6) is -4.53. The van der Waals surface area contributed by atoms with Gasteiger partial charge in [0.25, 0.3) is 0 Å². The Kier molecular flexibility index (Phi) is 72.0. The van der Waals surface area contributed by atoms with E-state index in [2.05, 4.69) is 52.2 Å². The number of esters is 4. The number of phosphoric ester groups is 1. The SMILES string of the molecule is CCCCCCCCCCCCCCCC(=O)OC(CCCCCCCCCCC)CC(=O)NC1[C@H](OP(=O)(O)O)OC(CO[C@@H]2OC(CO)[C@@H](O)[C@H](OC(=O)CC(CCCCCCCCCCC)OC(=O)CCCCCCCCCCC)C2NC(=O)CC(O)CCCCCCCCCCC)[C@@H](O)[C@@H]1OC(=O)CC(O)CCCCCCCCCCC. The lowest BCUT2D eigenvalue weighted by molar-refractivity contribution is -0.298. The summed E-state index contributed by atoms with van der Waals surface area (Å²) in [5.41, 5.74) is 0. The molecule has 24 nitrogen and oxygen atoms in total. The number of rotatable bonds is 84. The molecule has 2 amide bonds. The Morgan fingerprint density at radius 1 is 0.339 bits per heavy atom. The van der Waals surface area contributed by atoms with Gasteiger partial charge in [0.2, 0.25) is 11.8 Å². The fraction of sp³-hybridized carbons (Fsp3) is 0.938. The van der Waals surface area contributed by atoms with Gasteiger partial charge in [-0.05, 0) is 51.4 Å². The highest BCUT2D eigenvalue weighted by Crippen LogP contribution is 2.42. The molecule has 8 unspecified atom stereocenters. The highest BCUT2D eigenvalue weighted by atomic mass is 31.2. The van der Waals surface area contributed by atoms with Crippen LogP contribution >= 0.6 is 7.82 Å². The van der Waals surface area contributed by atoms with Crippen LogP contribution in [0.3, 0.4) is 0 Å². The third-order valence-corrected chi connectivity index (χ3v) is 24.6. The van der Waals surface area contributed by atoms with Gasteiger partial charge >= 0.3 is 31.7 Å². The highest BCUT2D eigenvalue weighted by Gasteiger charge is 2.53. The van der Waals surface area contributed by atoms with Gasteiger partial charge in [-0.3, -0.25) is 33.3 Å². The first kappa shape index (κ1) is 114. The number of ether oxygens (including phenoxy) is 7. The normalized spacial score (nSPS) is 20.4. The number of carbonyl (C=O) groups excluding carboxylic acids is 6. The number of phosphoric acid groups is 1. The monoisotopic (exact) mass is 1750 g/mol. The van der Waals surface area contributed by atoms with Gasteiger partial charge in [0.05, 0.1) is 51.1 Å². The Morgan fingerprint density at radius 2 is 0.612 bits per heavy atom. The van der Waals surface area contributed by atoms with E-state index in [-0.39, 0.29) is 25.7 Å². The second-order valence-corrected chi connectivity index (χ2v) is 36.9. The summed E-state index contributed by atoms with van der Waals surface area (Å²) in [4.78, 5) is 107. The molecule has 0 aromatic rings. The molecule has 712 valence electrons. The zero-order chi connectivity index (χ0) is 88.6. The fourth-order valence-corrected chi connectivity index (χ4v) is 17.1. The van der Waals surface area contributed by atoms with Gasteiger partial charge < -0.3 is 79.1 Å². The van der Waals surface area contributed by atoms with Gasteiger partial charge in [0, 0.05) is 12.8 Å². The first-order valence-electron chi connectivity index (χ1n) is 50.0. The van der Waals surface area contributed by atoms with E-state index in [1.165, 1.54) is 128 Å². The Labute approximate surface area is 733 Å². The van der Waals surface area contributed by atoms with E-state index in [0.29, 0.717) is 51.4 Å². The summed E-state index contributed by atoms with van der Waals surface area (Å²) in [6.07, 6.45) is 41.1. The molecule has 0 bridgehead atoms. The van der Waals surface area contributed by atoms with E-state index < -0.39 is 168 Å². The molecule has 0 spiro atoms. The molecule has 25 heteroatoms. The van der Waals surface area contributed by atoms with E-state index >= 15 is 0 Å². The van der Waals surface area contributed by atoms with Crippen molar-refractivity contribution in [1.29, 1.82) is 0 Å². The van der Waals surface area contributed by atoms with E-state index in [0.717, 1.165) is 205 Å². The maximum atomic E-state index is 14.7. The molecule has 2 heterocycles. The fourth-order valence-electron chi connectivity index (χ4n) is 16.7. The van der Waals surface area contributed by atoms with Crippen LogP contribution in [0.2, 0.25) is 0 Å². The highest BCUT2D eigenvalue weighted by molar-refractivity contribution is 7.46. The first-order chi connectivity index (χ1) is 58.6. The molecule has 2 aliphatic heterocycles. The molecule has 121 heavy (non-hydrogen) atoms. The van der Waals surface area contributed by atoms with Crippen molar-refractivity contribution in [2.24, 2.45) is 0 Å². The zero-order valence-electron chi connectivity index (χ0n) is 77.3. The maximum Gasteiger partial charge on any atom is 0.472 e. The lowest BCUT2D eigenvalue weighted by atomic mass is 9.95. The number of aliphatic hydroxyl groups is 5. The molecule has 2 saturated heterocycles. The van der Waals surface area contributed by atoms with Crippen LogP contribution in [0.1, 0.15) is 478 Å². The molecule has 9 N–H and O–H groups in total. The lowest BCUT2D eigenvalue weighted by Gasteiger charge is -2.46. The molecule has 2 fully saturated rings. The summed E-state index contributed by atoms with van der Waals surface area (Å²) in [7, 11) is -5.64. The van der Waals surface area contributed by atoms with E-state index in [4.69, 9.17) is 37.7 Å². The van der Waals surface area contributed by atoms with Gasteiger partial charge in [0.1, 0.15) is 48.7 Å². The van der Waals surface area contributed by atoms with Crippen molar-refractivity contribution in [2.45, 2.75) is 564 Å². The number of carbonyl (C=O) groups is 6. The summed E-state index contributed by atoms with van der Waals surface area (Å²) >= 11 is 0. The molecular formula is C96H181N2O22P. The summed E-state index contributed by atoms with van der Waals surface area (Å²) < 4.78 is 61.5. The molecule has 0 aliphatic carbocycles. The number of unbranched alkanes of at least 4 members (excludes halogenated alkanes) is 52. The molecule has 0 aromatic heterocycles. The topological polar surface area (TPSA) is 359 Å². The van der Waals surface area contributed by atoms with Crippen LogP contribution in [0.5, 0.6) is 0 Å². The van der Waals surface area contributed by atoms with Crippen molar-refractivity contribution in [3.05, 3.63) is 0 Å². The third kappa shape index (κ3) is 60.9. The van der Waals surface area contributed by atoms with Crippen LogP contribution < -0.4 is 10.6 Å². The summed E-state index contributed by atoms with van der Waals surface area (Å²) in [6, 6.07) is -3.56. The van der Waals surface area contributed by atoms with E-state index in [1.54, 1.807) is 0 Å². The first-order valence-corrected chi connectivity index (χ1v) is 51.5. The van der Waals surface area contributed by atoms with Crippen molar-refractivity contribution >= 4 is 43.5 Å². The average Bonchev–Trinajstić information content (AvgIpc) is 0.782. The maximum absolute atomic E-state index is 14.7. The van der Waals surface area contributed by atoms with Gasteiger partial charge in [-0.1, -0.05) is 388 Å². The number of aliphatic hydroxyl groups excluding tert-OH is 5. The lowest BCUT2D eigenvalue weighted by Crippen LogP contribution is -2.67. The van der Waals surface area contributed by atoms with Crippen molar-refractivity contribution in [1.82, 2.24) is 10.6 Å². The van der Waals surface area contributed by atoms with Crippen LogP contribution in [0.15, 0.2) is 0 Å². The molecule has 2 rings (SSSR count). The standard InChI is InChI=1S/C96H181N2O22P/c1-7-13-19-25-31-37-38-39-40-46-52-58-63-69-85(104)114-79(67-61-55-49-43-34-28-22-16-10-4)73-84(103)98-90-94(118-87(106)72-78(101)66-60-54-48-42-33-27-21-15-9-3)92(109)82(117-96(90)120-121(110,111)112)76-113-95-89(97-83(102)71-77(100)65-59-53-47-41-32-26-20-14-8-2)93(91(108)81(75-99)116-95)119-88(107)74-80(68-62-56-50-44-35-29-23-17-11-5)115-86(105)70-64-57-51-45-36-30-24-18-12-6/h77-82,89-96,99-101,108-109H,7-76H2,1-6H3,(H,97,102)(H,98,103)(H2,110,111,112)/t77?,78?,79?,80?,81?,82?,89?,90?,91-,92-,93-,94-,95-,96+/m1/s1. The van der Waals surface area contributed by atoms with Crippen LogP contribution in [0.4, 0.5) is 0 Å². The second kappa shape index (κ2) is 76.6. The molecular weight excluding hydrogens is 1560 g/mol. The quantitative estimate of drug-likeness (QED) is 0.0118. The minimum atomic E-state index is -5.64. The summed E-state index contributed by atoms with van der Waals surface area (Å²) in [5, 5.41) is 63.7. The smallest absolute Gasteiger partial charge is 0.462 e. The molecule has 0 aromatic carbocycles. The molecule has 2 aliphatic rings. The molecule has 0 saturated carbocycles. The van der Waals surface area contributed by atoms with Crippen LogP contribution in [0.25, 0.3) is 0 Å². The number of nitrogens with one attached hydrogen (secondary N) is 2. The van der Waals surface area contributed by atoms with Gasteiger partial charge in [-0.2, -0.15) is 0 Å². The Hall–Kier alpha value is -3.39. The van der Waals surface area contributed by atoms with Crippen molar-refractivity contribution in [3.63, 3.8) is 0 Å². The van der Waals surface area contributed by atoms with Crippen LogP contribution in [-0.2, 0) is 71.0 Å². The Bertz CT molecular complexity index is 2550. The van der Waals surface area contributed by atoms with E-state index in [1.807, 2.05) is 0 Å². The summed E-state index contributed by atoms with van der Waals surface area (Å²) in [6.45, 7) is 11.3. The van der Waals surface area contributed by atoms with Crippen molar-refractivity contribution < 1.29 is 106 Å². The van der Waals surface area contributed by atoms with Crippen molar-refractivity contribution in [3.8, 4) is 0 Å². The Balaban J connectivity index is 2.66. The van der Waals surface area contributed by atoms with Gasteiger partial charge in [-0.25, -0.2) is 4.57 Å². The van der Waals surface area contributed by atoms with Gasteiger partial charge in [-0.15, -0.1) is 0 Å². The number of hydrogen-bond donors (Lipinski definition) is 9. The zero-order valence-corrected chi connectivity index (χ0v) is 78.2. The van der Waals surface area contributed by atoms with Gasteiger partial charge in [0.15, 0.2) is 24.8 Å². The predicted octanol–water partition coefficient (Wildman–Crippen LogP) is 21.3. The molecule has 0 radical (unpaired) electrons. The second-order valence-electron chi connectivity index (χ2n) is 35.7. The average molecular weight is 1750 g/mol. The number of amides is 2. The molecule has 14 atom stereocenters. The minimum absolute atomic E-state index is 0.133. The van der Waals surface area contributed by atoms with Crippen LogP contribution in [0, 0.1) is 0 Å². The third-order valence-electron chi connectivity index (χ3n) is 24.1. The Morgan fingerprint density at radius 3 is 0.950 bits per heavy atom. The predicted molar refractivity (Wildman–Crippen MR) is 479 cm³/mol. The number of hydrogen-bond acceptors (Lipinski definition) is 20. The minimum Gasteiger partial charge on any atom is -0.462 e.